The summed E-state index contributed by atoms with van der Waals surface area (Å²) >= 11 is 0. The number of nitrogens with one attached hydrogen (secondary N) is 2. The van der Waals surface area contributed by atoms with Gasteiger partial charge in [0.1, 0.15) is 5.75 Å². The molecule has 0 spiro atoms. The van der Waals surface area contributed by atoms with Gasteiger partial charge in [0.2, 0.25) is 0 Å². The van der Waals surface area contributed by atoms with E-state index in [2.05, 4.69) is 35.4 Å². The van der Waals surface area contributed by atoms with E-state index in [1.165, 1.54) is 27.7 Å². The van der Waals surface area contributed by atoms with Crippen molar-refractivity contribution in [1.82, 2.24) is 9.88 Å². The number of ether oxygens (including phenoxy) is 1. The van der Waals surface area contributed by atoms with Gasteiger partial charge in [0.15, 0.2) is 0 Å². The molecular formula is C22H25N3O2. The third-order valence-corrected chi connectivity index (χ3v) is 5.13. The second-order valence-corrected chi connectivity index (χ2v) is 6.98. The number of benzene rings is 2. The first-order chi connectivity index (χ1) is 13.2. The number of para-hydroxylation sites is 2. The van der Waals surface area contributed by atoms with E-state index in [-0.39, 0.29) is 6.03 Å². The second kappa shape index (κ2) is 7.35. The maximum atomic E-state index is 12.8. The number of aromatic nitrogens is 1. The molecule has 0 saturated heterocycles. The third-order valence-electron chi connectivity index (χ3n) is 5.13. The van der Waals surface area contributed by atoms with Crippen molar-refractivity contribution in [2.75, 3.05) is 25.0 Å². The van der Waals surface area contributed by atoms with Gasteiger partial charge in [0.05, 0.1) is 12.3 Å². The van der Waals surface area contributed by atoms with Crippen LogP contribution in [0.4, 0.5) is 10.5 Å². The third kappa shape index (κ3) is 3.50. The largest absolute Gasteiger partial charge is 0.492 e. The molecule has 2 heterocycles. The van der Waals surface area contributed by atoms with E-state index in [1.807, 2.05) is 36.1 Å². The number of H-pyrrole nitrogens is 1. The van der Waals surface area contributed by atoms with Gasteiger partial charge in [-0.3, -0.25) is 0 Å². The summed E-state index contributed by atoms with van der Waals surface area (Å²) in [6.07, 6.45) is 1.70. The first-order valence-corrected chi connectivity index (χ1v) is 9.53. The van der Waals surface area contributed by atoms with Crippen molar-refractivity contribution in [1.29, 1.82) is 0 Å². The molecule has 0 saturated carbocycles. The summed E-state index contributed by atoms with van der Waals surface area (Å²) in [5.74, 6) is 0.704. The van der Waals surface area contributed by atoms with Crippen LogP contribution in [0.15, 0.2) is 42.5 Å². The van der Waals surface area contributed by atoms with E-state index in [9.17, 15) is 4.79 Å². The van der Waals surface area contributed by atoms with E-state index in [0.29, 0.717) is 31.1 Å². The minimum Gasteiger partial charge on any atom is -0.492 e. The molecule has 1 aliphatic rings. The SMILES string of the molecule is CCOc1ccccc1NC(=O)N1CCc2[nH]c3ccc(C)cc3c2CC1. The minimum atomic E-state index is -0.0761. The molecule has 0 aliphatic carbocycles. The zero-order chi connectivity index (χ0) is 18.8. The highest BCUT2D eigenvalue weighted by Gasteiger charge is 2.22. The van der Waals surface area contributed by atoms with Crippen molar-refractivity contribution >= 4 is 22.6 Å². The molecule has 2 aromatic carbocycles. The number of hydrogen-bond donors (Lipinski definition) is 2. The number of fused-ring (bicyclic) bond motifs is 3. The molecule has 0 atom stereocenters. The van der Waals surface area contributed by atoms with E-state index in [0.717, 1.165) is 12.8 Å². The summed E-state index contributed by atoms with van der Waals surface area (Å²) in [5.41, 5.74) is 5.76. The monoisotopic (exact) mass is 363 g/mol. The lowest BCUT2D eigenvalue weighted by atomic mass is 10.1. The molecule has 27 heavy (non-hydrogen) atoms. The van der Waals surface area contributed by atoms with Crippen LogP contribution in [-0.2, 0) is 12.8 Å². The lowest BCUT2D eigenvalue weighted by Crippen LogP contribution is -2.37. The molecule has 1 aromatic heterocycles. The average molecular weight is 363 g/mol. The lowest BCUT2D eigenvalue weighted by Gasteiger charge is -2.21. The van der Waals surface area contributed by atoms with E-state index in [1.54, 1.807) is 0 Å². The molecule has 4 rings (SSSR count). The molecule has 5 heteroatoms. The molecule has 0 fully saturated rings. The van der Waals surface area contributed by atoms with Gasteiger partial charge in [-0.2, -0.15) is 0 Å². The Morgan fingerprint density at radius 3 is 2.85 bits per heavy atom. The lowest BCUT2D eigenvalue weighted by molar-refractivity contribution is 0.214. The van der Waals surface area contributed by atoms with Gasteiger partial charge >= 0.3 is 6.03 Å². The average Bonchev–Trinajstić information content (AvgIpc) is 2.86. The van der Waals surface area contributed by atoms with E-state index in [4.69, 9.17) is 4.74 Å². The van der Waals surface area contributed by atoms with Crippen molar-refractivity contribution in [2.24, 2.45) is 0 Å². The Bertz CT molecular complexity index is 977. The van der Waals surface area contributed by atoms with Gasteiger partial charge in [-0.15, -0.1) is 0 Å². The number of hydrogen-bond acceptors (Lipinski definition) is 2. The highest BCUT2D eigenvalue weighted by atomic mass is 16.5. The summed E-state index contributed by atoms with van der Waals surface area (Å²) in [4.78, 5) is 18.2. The van der Waals surface area contributed by atoms with Gasteiger partial charge in [0.25, 0.3) is 0 Å². The molecule has 0 unspecified atom stereocenters. The first-order valence-electron chi connectivity index (χ1n) is 9.53. The Morgan fingerprint density at radius 1 is 1.19 bits per heavy atom. The second-order valence-electron chi connectivity index (χ2n) is 6.98. The van der Waals surface area contributed by atoms with Crippen LogP contribution >= 0.6 is 0 Å². The molecule has 2 amide bonds. The van der Waals surface area contributed by atoms with Crippen LogP contribution in [-0.4, -0.2) is 35.6 Å². The number of carbonyl (C=O) groups is 1. The molecule has 1 aliphatic heterocycles. The summed E-state index contributed by atoms with van der Waals surface area (Å²) in [6, 6.07) is 14.0. The van der Waals surface area contributed by atoms with Crippen molar-refractivity contribution < 1.29 is 9.53 Å². The van der Waals surface area contributed by atoms with Crippen molar-refractivity contribution in [3.8, 4) is 5.75 Å². The summed E-state index contributed by atoms with van der Waals surface area (Å²) < 4.78 is 5.61. The molecule has 140 valence electrons. The molecular weight excluding hydrogens is 338 g/mol. The maximum Gasteiger partial charge on any atom is 0.321 e. The summed E-state index contributed by atoms with van der Waals surface area (Å²) in [6.45, 7) is 6.02. The van der Waals surface area contributed by atoms with Gasteiger partial charge in [-0.1, -0.05) is 23.8 Å². The fourth-order valence-corrected chi connectivity index (χ4v) is 3.77. The Balaban J connectivity index is 1.50. The summed E-state index contributed by atoms with van der Waals surface area (Å²) in [5, 5.41) is 4.30. The number of aryl methyl sites for hydroxylation is 1. The van der Waals surface area contributed by atoms with Crippen LogP contribution in [0.25, 0.3) is 10.9 Å². The van der Waals surface area contributed by atoms with Crippen LogP contribution in [0.2, 0.25) is 0 Å². The zero-order valence-corrected chi connectivity index (χ0v) is 15.8. The Labute approximate surface area is 159 Å². The van der Waals surface area contributed by atoms with Crippen molar-refractivity contribution in [3.63, 3.8) is 0 Å². The highest BCUT2D eigenvalue weighted by molar-refractivity contribution is 5.91. The van der Waals surface area contributed by atoms with Crippen LogP contribution in [0.5, 0.6) is 5.75 Å². The molecule has 0 bridgehead atoms. The van der Waals surface area contributed by atoms with Gasteiger partial charge in [-0.05, 0) is 50.1 Å². The maximum absolute atomic E-state index is 12.8. The van der Waals surface area contributed by atoms with Crippen molar-refractivity contribution in [2.45, 2.75) is 26.7 Å². The molecule has 0 radical (unpaired) electrons. The fraction of sp³-hybridized carbons (Fsp3) is 0.318. The van der Waals surface area contributed by atoms with Crippen LogP contribution < -0.4 is 10.1 Å². The number of nitrogens with zero attached hydrogens (tertiary/aromatic N) is 1. The van der Waals surface area contributed by atoms with Gasteiger partial charge in [0, 0.05) is 36.1 Å². The predicted molar refractivity (Wildman–Crippen MR) is 109 cm³/mol. The van der Waals surface area contributed by atoms with E-state index < -0.39 is 0 Å². The Hall–Kier alpha value is -2.95. The smallest absolute Gasteiger partial charge is 0.321 e. The quantitative estimate of drug-likeness (QED) is 0.719. The number of anilines is 1. The number of rotatable bonds is 3. The Kier molecular flexibility index (Phi) is 4.75. The molecule has 2 N–H and O–H groups in total. The van der Waals surface area contributed by atoms with Crippen molar-refractivity contribution in [3.05, 3.63) is 59.3 Å². The Morgan fingerprint density at radius 2 is 2.00 bits per heavy atom. The fourth-order valence-electron chi connectivity index (χ4n) is 3.77. The highest BCUT2D eigenvalue weighted by Crippen LogP contribution is 2.28. The number of carbonyl (C=O) groups excluding carboxylic acids is 1. The molecule has 5 nitrogen and oxygen atoms in total. The number of aromatic amines is 1. The predicted octanol–water partition coefficient (Wildman–Crippen LogP) is 4.51. The number of amides is 2. The summed E-state index contributed by atoms with van der Waals surface area (Å²) in [7, 11) is 0. The first kappa shape index (κ1) is 17.5. The van der Waals surface area contributed by atoms with E-state index >= 15 is 0 Å². The topological polar surface area (TPSA) is 57.4 Å². The normalized spacial score (nSPS) is 13.9. The standard InChI is InChI=1S/C22H25N3O2/c1-3-27-21-7-5-4-6-20(21)24-22(26)25-12-10-16-17-14-15(2)8-9-18(17)23-19(16)11-13-25/h4-9,14,23H,3,10-13H2,1-2H3,(H,24,26). The van der Waals surface area contributed by atoms with Crippen LogP contribution in [0.1, 0.15) is 23.7 Å². The number of urea groups is 1. The van der Waals surface area contributed by atoms with Crippen LogP contribution in [0.3, 0.4) is 0 Å². The van der Waals surface area contributed by atoms with Crippen LogP contribution in [0, 0.1) is 6.92 Å². The van der Waals surface area contributed by atoms with Gasteiger partial charge in [-0.25, -0.2) is 4.79 Å². The van der Waals surface area contributed by atoms with Gasteiger partial charge < -0.3 is 19.9 Å². The minimum absolute atomic E-state index is 0.0761. The molecule has 3 aromatic rings. The zero-order valence-electron chi connectivity index (χ0n) is 15.8.